The molecule has 3 aromatic carbocycles. The van der Waals surface area contributed by atoms with Gasteiger partial charge in [-0.15, -0.1) is 0 Å². The summed E-state index contributed by atoms with van der Waals surface area (Å²) < 4.78 is 28.1. The van der Waals surface area contributed by atoms with Gasteiger partial charge in [-0.05, 0) is 80.3 Å². The topological polar surface area (TPSA) is 95.6 Å². The molecule has 0 saturated carbocycles. The normalized spacial score (nSPS) is 11.1. The minimum Gasteiger partial charge on any atom is -0.332 e. The fraction of sp³-hybridized carbons (Fsp3) is 0.231. The van der Waals surface area contributed by atoms with Crippen LogP contribution in [0.1, 0.15) is 32.6 Å². The second kappa shape index (κ2) is 10.1. The van der Waals surface area contributed by atoms with Gasteiger partial charge in [0.2, 0.25) is 5.91 Å². The molecule has 8 heteroatoms. The smallest absolute Gasteiger partial charge is 0.262 e. The summed E-state index contributed by atoms with van der Waals surface area (Å²) in [5.41, 5.74) is 4.81. The van der Waals surface area contributed by atoms with Crippen molar-refractivity contribution < 1.29 is 18.0 Å². The Hall–Kier alpha value is -3.65. The van der Waals surface area contributed by atoms with Crippen molar-refractivity contribution in [1.29, 1.82) is 0 Å². The van der Waals surface area contributed by atoms with Gasteiger partial charge in [0.1, 0.15) is 0 Å². The third kappa shape index (κ3) is 5.82. The van der Waals surface area contributed by atoms with E-state index in [0.717, 1.165) is 22.4 Å². The third-order valence-electron chi connectivity index (χ3n) is 5.49. The minimum absolute atomic E-state index is 0.117. The second-order valence-electron chi connectivity index (χ2n) is 8.43. The van der Waals surface area contributed by atoms with Crippen molar-refractivity contribution in [3.05, 3.63) is 88.5 Å². The van der Waals surface area contributed by atoms with E-state index < -0.39 is 10.0 Å². The first-order valence-electron chi connectivity index (χ1n) is 10.8. The molecule has 0 atom stereocenters. The fourth-order valence-electron chi connectivity index (χ4n) is 3.59. The molecule has 0 unspecified atom stereocenters. The summed E-state index contributed by atoms with van der Waals surface area (Å²) in [6.07, 6.45) is 0. The first-order valence-corrected chi connectivity index (χ1v) is 12.3. The molecule has 0 saturated heterocycles. The molecule has 2 N–H and O–H groups in total. The molecule has 0 bridgehead atoms. The quantitative estimate of drug-likeness (QED) is 0.524. The Balaban J connectivity index is 1.66. The van der Waals surface area contributed by atoms with Crippen LogP contribution >= 0.6 is 0 Å². The highest BCUT2D eigenvalue weighted by molar-refractivity contribution is 7.92. The van der Waals surface area contributed by atoms with Crippen molar-refractivity contribution in [2.24, 2.45) is 0 Å². The standard InChI is InChI=1S/C26H29N3O4S/c1-17-9-10-18(2)23(15-17)34(32,33)28-22-13-11-21(12-14-22)26(31)29(5)16-24(30)27-25-19(3)7-6-8-20(25)4/h6-15,28H,16H2,1-5H3,(H,27,30). The van der Waals surface area contributed by atoms with Crippen LogP contribution in [0.15, 0.2) is 65.6 Å². The van der Waals surface area contributed by atoms with Gasteiger partial charge >= 0.3 is 0 Å². The van der Waals surface area contributed by atoms with Crippen LogP contribution in [0.25, 0.3) is 0 Å². The highest BCUT2D eigenvalue weighted by Gasteiger charge is 2.19. The van der Waals surface area contributed by atoms with Crippen LogP contribution in [-0.2, 0) is 14.8 Å². The lowest BCUT2D eigenvalue weighted by atomic mass is 10.1. The number of rotatable bonds is 7. The monoisotopic (exact) mass is 479 g/mol. The Bertz CT molecular complexity index is 1310. The van der Waals surface area contributed by atoms with Gasteiger partial charge in [0.15, 0.2) is 0 Å². The number of sulfonamides is 1. The van der Waals surface area contributed by atoms with Crippen LogP contribution in [0.4, 0.5) is 11.4 Å². The van der Waals surface area contributed by atoms with Gasteiger partial charge in [0, 0.05) is 24.0 Å². The number of carbonyl (C=O) groups is 2. The number of hydrogen-bond acceptors (Lipinski definition) is 4. The fourth-order valence-corrected chi connectivity index (χ4v) is 4.98. The molecule has 0 aliphatic carbocycles. The molecule has 2 amide bonds. The maximum Gasteiger partial charge on any atom is 0.262 e. The maximum absolute atomic E-state index is 12.8. The van der Waals surface area contributed by atoms with E-state index in [1.54, 1.807) is 26.1 Å². The summed E-state index contributed by atoms with van der Waals surface area (Å²) in [4.78, 5) is 26.8. The van der Waals surface area contributed by atoms with Crippen LogP contribution < -0.4 is 10.0 Å². The molecule has 0 spiro atoms. The predicted octanol–water partition coefficient (Wildman–Crippen LogP) is 4.43. The van der Waals surface area contributed by atoms with E-state index in [2.05, 4.69) is 10.0 Å². The van der Waals surface area contributed by atoms with Gasteiger partial charge in [-0.3, -0.25) is 14.3 Å². The van der Waals surface area contributed by atoms with Gasteiger partial charge < -0.3 is 10.2 Å². The molecule has 7 nitrogen and oxygen atoms in total. The number of aryl methyl sites for hydroxylation is 4. The van der Waals surface area contributed by atoms with E-state index in [4.69, 9.17) is 0 Å². The van der Waals surface area contributed by atoms with E-state index in [-0.39, 0.29) is 23.3 Å². The number of amides is 2. The zero-order chi connectivity index (χ0) is 25.0. The predicted molar refractivity (Wildman–Crippen MR) is 135 cm³/mol. The van der Waals surface area contributed by atoms with Crippen molar-refractivity contribution >= 4 is 33.2 Å². The van der Waals surface area contributed by atoms with Crippen molar-refractivity contribution in [3.63, 3.8) is 0 Å². The molecule has 3 aromatic rings. The van der Waals surface area contributed by atoms with Gasteiger partial charge in [0.05, 0.1) is 11.4 Å². The summed E-state index contributed by atoms with van der Waals surface area (Å²) in [7, 11) is -2.22. The average molecular weight is 480 g/mol. The first-order chi connectivity index (χ1) is 16.0. The van der Waals surface area contributed by atoms with E-state index in [1.807, 2.05) is 45.0 Å². The van der Waals surface area contributed by atoms with Crippen LogP contribution in [0, 0.1) is 27.7 Å². The summed E-state index contributed by atoms with van der Waals surface area (Å²) in [5, 5.41) is 2.87. The summed E-state index contributed by atoms with van der Waals surface area (Å²) >= 11 is 0. The van der Waals surface area contributed by atoms with Gasteiger partial charge in [-0.2, -0.15) is 0 Å². The van der Waals surface area contributed by atoms with Crippen LogP contribution in [0.3, 0.4) is 0 Å². The average Bonchev–Trinajstić information content (AvgIpc) is 2.77. The van der Waals surface area contributed by atoms with Crippen LogP contribution in [-0.4, -0.2) is 38.7 Å². The number of likely N-dealkylation sites (N-methyl/N-ethyl adjacent to an activating group) is 1. The van der Waals surface area contributed by atoms with Crippen molar-refractivity contribution in [3.8, 4) is 0 Å². The van der Waals surface area contributed by atoms with E-state index in [1.165, 1.54) is 29.2 Å². The Kier molecular flexibility index (Phi) is 7.41. The SMILES string of the molecule is Cc1ccc(C)c(S(=O)(=O)Nc2ccc(C(=O)N(C)CC(=O)Nc3c(C)cccc3C)cc2)c1. The van der Waals surface area contributed by atoms with E-state index in [9.17, 15) is 18.0 Å². The number of para-hydroxylation sites is 1. The molecule has 3 rings (SSSR count). The van der Waals surface area contributed by atoms with Gasteiger partial charge in [-0.25, -0.2) is 8.42 Å². The zero-order valence-electron chi connectivity index (χ0n) is 20.0. The Morgan fingerprint density at radius 2 is 1.47 bits per heavy atom. The number of benzene rings is 3. The molecule has 0 aliphatic heterocycles. The molecule has 0 heterocycles. The Labute approximate surface area is 200 Å². The second-order valence-corrected chi connectivity index (χ2v) is 10.1. The van der Waals surface area contributed by atoms with Crippen molar-refractivity contribution in [1.82, 2.24) is 4.90 Å². The minimum atomic E-state index is -3.77. The molecule has 178 valence electrons. The van der Waals surface area contributed by atoms with Gasteiger partial charge in [0.25, 0.3) is 15.9 Å². The third-order valence-corrected chi connectivity index (χ3v) is 7.01. The number of anilines is 2. The number of hydrogen-bond donors (Lipinski definition) is 2. The molecular weight excluding hydrogens is 450 g/mol. The highest BCUT2D eigenvalue weighted by Crippen LogP contribution is 2.22. The number of nitrogens with zero attached hydrogens (tertiary/aromatic N) is 1. The largest absolute Gasteiger partial charge is 0.332 e. The number of nitrogens with one attached hydrogen (secondary N) is 2. The van der Waals surface area contributed by atoms with Crippen LogP contribution in [0.5, 0.6) is 0 Å². The maximum atomic E-state index is 12.8. The van der Waals surface area contributed by atoms with Gasteiger partial charge in [-0.1, -0.05) is 30.3 Å². The molecule has 0 radical (unpaired) electrons. The molecular formula is C26H29N3O4S. The summed E-state index contributed by atoms with van der Waals surface area (Å²) in [5.74, 6) is -0.647. The van der Waals surface area contributed by atoms with Crippen molar-refractivity contribution in [2.45, 2.75) is 32.6 Å². The molecule has 0 fully saturated rings. The Morgan fingerprint density at radius 3 is 2.09 bits per heavy atom. The lowest BCUT2D eigenvalue weighted by Crippen LogP contribution is -2.35. The first kappa shape index (κ1) is 25.0. The van der Waals surface area contributed by atoms with Crippen LogP contribution in [0.2, 0.25) is 0 Å². The summed E-state index contributed by atoms with van der Waals surface area (Å²) in [6.45, 7) is 7.27. The lowest BCUT2D eigenvalue weighted by Gasteiger charge is -2.18. The molecule has 0 aromatic heterocycles. The van der Waals surface area contributed by atoms with E-state index in [0.29, 0.717) is 16.8 Å². The number of carbonyl (C=O) groups excluding carboxylic acids is 2. The zero-order valence-corrected chi connectivity index (χ0v) is 20.8. The molecule has 34 heavy (non-hydrogen) atoms. The molecule has 0 aliphatic rings. The highest BCUT2D eigenvalue weighted by atomic mass is 32.2. The van der Waals surface area contributed by atoms with E-state index >= 15 is 0 Å². The Morgan fingerprint density at radius 1 is 0.853 bits per heavy atom. The van der Waals surface area contributed by atoms with Crippen molar-refractivity contribution in [2.75, 3.05) is 23.6 Å². The summed E-state index contributed by atoms with van der Waals surface area (Å²) in [6, 6.07) is 17.1. The lowest BCUT2D eigenvalue weighted by molar-refractivity contribution is -0.116.